The lowest BCUT2D eigenvalue weighted by atomic mass is 9.99. The van der Waals surface area contributed by atoms with E-state index in [1.807, 2.05) is 6.20 Å². The van der Waals surface area contributed by atoms with Gasteiger partial charge < -0.3 is 10.1 Å². The van der Waals surface area contributed by atoms with Gasteiger partial charge in [-0.25, -0.2) is 4.98 Å². The number of hydrogen-bond acceptors (Lipinski definition) is 3. The molecule has 0 aromatic carbocycles. The van der Waals surface area contributed by atoms with Crippen LogP contribution < -0.4 is 10.1 Å². The molecule has 0 radical (unpaired) electrons. The fourth-order valence-corrected chi connectivity index (χ4v) is 2.12. The van der Waals surface area contributed by atoms with Crippen molar-refractivity contribution in [2.45, 2.75) is 46.1 Å². The minimum absolute atomic E-state index is 0.254. The Kier molecular flexibility index (Phi) is 3.03. The Morgan fingerprint density at radius 3 is 2.94 bits per heavy atom. The summed E-state index contributed by atoms with van der Waals surface area (Å²) in [6, 6.07) is 0. The molecule has 0 spiro atoms. The molecular weight excluding hydrogens is 200 g/mol. The highest BCUT2D eigenvalue weighted by Gasteiger charge is 2.22. The molecule has 0 fully saturated rings. The molecule has 1 unspecified atom stereocenters. The summed E-state index contributed by atoms with van der Waals surface area (Å²) in [5.74, 6) is 1.27. The molecule has 0 bridgehead atoms. The Bertz CT molecular complexity index is 388. The highest BCUT2D eigenvalue weighted by Crippen LogP contribution is 2.34. The van der Waals surface area contributed by atoms with Gasteiger partial charge in [-0.3, -0.25) is 0 Å². The van der Waals surface area contributed by atoms with Gasteiger partial charge >= 0.3 is 0 Å². The second-order valence-electron chi connectivity index (χ2n) is 4.70. The monoisotopic (exact) mass is 220 g/mol. The van der Waals surface area contributed by atoms with Crippen LogP contribution in [-0.4, -0.2) is 17.6 Å². The molecule has 3 nitrogen and oxygen atoms in total. The van der Waals surface area contributed by atoms with E-state index in [2.05, 4.69) is 38.0 Å². The van der Waals surface area contributed by atoms with Crippen molar-refractivity contribution in [1.82, 2.24) is 4.98 Å². The van der Waals surface area contributed by atoms with Gasteiger partial charge in [0.05, 0.1) is 6.54 Å². The van der Waals surface area contributed by atoms with Crippen LogP contribution in [0.1, 0.15) is 44.2 Å². The minimum Gasteiger partial charge on any atom is -0.471 e. The molecule has 88 valence electrons. The van der Waals surface area contributed by atoms with Crippen molar-refractivity contribution in [1.29, 1.82) is 0 Å². The highest BCUT2D eigenvalue weighted by molar-refractivity contribution is 5.62. The third kappa shape index (κ3) is 1.86. The predicted molar refractivity (Wildman–Crippen MR) is 66.3 cm³/mol. The van der Waals surface area contributed by atoms with Gasteiger partial charge in [0.25, 0.3) is 0 Å². The number of fused-ring (bicyclic) bond motifs is 1. The zero-order valence-electron chi connectivity index (χ0n) is 10.5. The molecule has 0 aliphatic carbocycles. The van der Waals surface area contributed by atoms with Crippen LogP contribution in [-0.2, 0) is 0 Å². The third-order valence-corrected chi connectivity index (χ3v) is 3.20. The lowest BCUT2D eigenvalue weighted by molar-refractivity contribution is 0.193. The smallest absolute Gasteiger partial charge is 0.237 e. The Labute approximate surface area is 97.2 Å². The summed E-state index contributed by atoms with van der Waals surface area (Å²) in [6.45, 7) is 9.53. The number of nitrogens with zero attached hydrogens (tertiary/aromatic N) is 1. The van der Waals surface area contributed by atoms with E-state index in [0.29, 0.717) is 5.92 Å². The molecule has 1 atom stereocenters. The van der Waals surface area contributed by atoms with Crippen LogP contribution in [0.3, 0.4) is 0 Å². The first-order chi connectivity index (χ1) is 7.63. The lowest BCUT2D eigenvalue weighted by Crippen LogP contribution is -2.31. The fourth-order valence-electron chi connectivity index (χ4n) is 2.12. The van der Waals surface area contributed by atoms with Gasteiger partial charge in [0.2, 0.25) is 5.88 Å². The first kappa shape index (κ1) is 11.2. The molecular formula is C13H20N2O. The highest BCUT2D eigenvalue weighted by atomic mass is 16.5. The van der Waals surface area contributed by atoms with Crippen molar-refractivity contribution in [3.63, 3.8) is 0 Å². The van der Waals surface area contributed by atoms with Crippen molar-refractivity contribution in [3.8, 4) is 5.88 Å². The number of ether oxygens (including phenoxy) is 1. The molecule has 1 aromatic heterocycles. The zero-order valence-corrected chi connectivity index (χ0v) is 10.5. The van der Waals surface area contributed by atoms with Gasteiger partial charge in [-0.15, -0.1) is 0 Å². The van der Waals surface area contributed by atoms with Crippen LogP contribution in [0.15, 0.2) is 6.20 Å². The van der Waals surface area contributed by atoms with Crippen molar-refractivity contribution in [2.75, 3.05) is 11.9 Å². The van der Waals surface area contributed by atoms with E-state index in [1.165, 1.54) is 11.1 Å². The SMILES string of the molecule is CCC1CNc2c(ncc(C(C)C)c2C)O1. The van der Waals surface area contributed by atoms with Gasteiger partial charge in [0, 0.05) is 6.20 Å². The van der Waals surface area contributed by atoms with E-state index >= 15 is 0 Å². The Morgan fingerprint density at radius 1 is 1.56 bits per heavy atom. The van der Waals surface area contributed by atoms with Crippen molar-refractivity contribution in [3.05, 3.63) is 17.3 Å². The van der Waals surface area contributed by atoms with Crippen LogP contribution in [0.2, 0.25) is 0 Å². The fraction of sp³-hybridized carbons (Fsp3) is 0.615. The minimum atomic E-state index is 0.254. The van der Waals surface area contributed by atoms with Gasteiger partial charge in [-0.1, -0.05) is 20.8 Å². The molecule has 0 amide bonds. The van der Waals surface area contributed by atoms with E-state index in [9.17, 15) is 0 Å². The quantitative estimate of drug-likeness (QED) is 0.831. The largest absolute Gasteiger partial charge is 0.471 e. The van der Waals surface area contributed by atoms with Crippen LogP contribution in [0.5, 0.6) is 5.88 Å². The summed E-state index contributed by atoms with van der Waals surface area (Å²) in [7, 11) is 0. The van der Waals surface area contributed by atoms with E-state index in [-0.39, 0.29) is 6.10 Å². The van der Waals surface area contributed by atoms with Gasteiger partial charge in [0.15, 0.2) is 0 Å². The first-order valence-electron chi connectivity index (χ1n) is 6.03. The lowest BCUT2D eigenvalue weighted by Gasteiger charge is -2.28. The van der Waals surface area contributed by atoms with Crippen LogP contribution in [0.4, 0.5) is 5.69 Å². The molecule has 1 aromatic rings. The van der Waals surface area contributed by atoms with Crippen molar-refractivity contribution in [2.24, 2.45) is 0 Å². The molecule has 1 aliphatic heterocycles. The second-order valence-corrected chi connectivity index (χ2v) is 4.70. The molecule has 0 saturated carbocycles. The van der Waals surface area contributed by atoms with Crippen LogP contribution in [0, 0.1) is 6.92 Å². The van der Waals surface area contributed by atoms with Crippen molar-refractivity contribution >= 4 is 5.69 Å². The van der Waals surface area contributed by atoms with Crippen molar-refractivity contribution < 1.29 is 4.74 Å². The maximum Gasteiger partial charge on any atom is 0.237 e. The average molecular weight is 220 g/mol. The molecule has 3 heteroatoms. The van der Waals surface area contributed by atoms with E-state index < -0.39 is 0 Å². The molecule has 16 heavy (non-hydrogen) atoms. The number of pyridine rings is 1. The summed E-state index contributed by atoms with van der Waals surface area (Å²) >= 11 is 0. The van der Waals surface area contributed by atoms with Gasteiger partial charge in [-0.2, -0.15) is 0 Å². The number of hydrogen-bond donors (Lipinski definition) is 1. The van der Waals surface area contributed by atoms with E-state index in [4.69, 9.17) is 4.74 Å². The summed E-state index contributed by atoms with van der Waals surface area (Å²) in [5.41, 5.74) is 3.65. The summed E-state index contributed by atoms with van der Waals surface area (Å²) in [4.78, 5) is 4.41. The van der Waals surface area contributed by atoms with E-state index in [0.717, 1.165) is 24.5 Å². The standard InChI is InChI=1S/C13H20N2O/c1-5-10-6-14-12-9(4)11(8(2)3)7-15-13(12)16-10/h7-8,10,14H,5-6H2,1-4H3. The van der Waals surface area contributed by atoms with E-state index in [1.54, 1.807) is 0 Å². The summed E-state index contributed by atoms with van der Waals surface area (Å²) in [6.07, 6.45) is 3.21. The Hall–Kier alpha value is -1.25. The first-order valence-corrected chi connectivity index (χ1v) is 6.03. The zero-order chi connectivity index (χ0) is 11.7. The number of anilines is 1. The van der Waals surface area contributed by atoms with Crippen LogP contribution >= 0.6 is 0 Å². The van der Waals surface area contributed by atoms with Gasteiger partial charge in [0.1, 0.15) is 11.8 Å². The van der Waals surface area contributed by atoms with Gasteiger partial charge in [-0.05, 0) is 30.4 Å². The number of rotatable bonds is 2. The number of nitrogens with one attached hydrogen (secondary N) is 1. The molecule has 1 aliphatic rings. The molecule has 2 heterocycles. The normalized spacial score (nSPS) is 18.9. The Balaban J connectivity index is 2.37. The summed E-state index contributed by atoms with van der Waals surface area (Å²) < 4.78 is 5.82. The van der Waals surface area contributed by atoms with Crippen LogP contribution in [0.25, 0.3) is 0 Å². The predicted octanol–water partition coefficient (Wildman–Crippen LogP) is 3.10. The third-order valence-electron chi connectivity index (χ3n) is 3.20. The maximum atomic E-state index is 5.82. The molecule has 0 saturated heterocycles. The maximum absolute atomic E-state index is 5.82. The summed E-state index contributed by atoms with van der Waals surface area (Å²) in [5, 5.41) is 3.44. The Morgan fingerprint density at radius 2 is 2.31 bits per heavy atom. The average Bonchev–Trinajstić information content (AvgIpc) is 2.28. The molecule has 2 rings (SSSR count). The number of aromatic nitrogens is 1. The topological polar surface area (TPSA) is 34.2 Å². The second kappa shape index (κ2) is 4.32. The molecule has 1 N–H and O–H groups in total.